The highest BCUT2D eigenvalue weighted by atomic mass is 14.7. The highest BCUT2D eigenvalue weighted by Gasteiger charge is 2.24. The van der Waals surface area contributed by atoms with Gasteiger partial charge in [-0.2, -0.15) is 0 Å². The molecule has 1 aliphatic carbocycles. The van der Waals surface area contributed by atoms with Crippen molar-refractivity contribution in [3.63, 3.8) is 0 Å². The van der Waals surface area contributed by atoms with E-state index in [1.54, 1.807) is 0 Å². The van der Waals surface area contributed by atoms with Gasteiger partial charge in [-0.3, -0.25) is 0 Å². The quantitative estimate of drug-likeness (QED) is 0.330. The van der Waals surface area contributed by atoms with Crippen LogP contribution in [-0.4, -0.2) is 0 Å². The summed E-state index contributed by atoms with van der Waals surface area (Å²) in [5, 5.41) is 0. The zero-order chi connectivity index (χ0) is 18.5. The Morgan fingerprint density at radius 1 is 0.481 bits per heavy atom. The van der Waals surface area contributed by atoms with Gasteiger partial charge in [0.25, 0.3) is 0 Å². The van der Waals surface area contributed by atoms with E-state index >= 15 is 0 Å². The average molecular weight is 348 g/mol. The largest absolute Gasteiger partial charge is 0.397 e. The maximum absolute atomic E-state index is 6.59. The van der Waals surface area contributed by atoms with E-state index < -0.39 is 0 Å². The molecular weight excluding hydrogens is 328 g/mol. The molecule has 0 saturated heterocycles. The molecule has 0 radical (unpaired) electrons. The number of rotatable bonds is 0. The smallest absolute Gasteiger partial charge is 0.0636 e. The van der Waals surface area contributed by atoms with Gasteiger partial charge in [0.15, 0.2) is 0 Å². The van der Waals surface area contributed by atoms with Crippen molar-refractivity contribution in [3.8, 4) is 44.5 Å². The van der Waals surface area contributed by atoms with Crippen molar-refractivity contribution in [2.24, 2.45) is 0 Å². The summed E-state index contributed by atoms with van der Waals surface area (Å²) in [6.45, 7) is 2.02. The molecule has 0 spiro atoms. The van der Waals surface area contributed by atoms with Gasteiger partial charge in [-0.25, -0.2) is 0 Å². The van der Waals surface area contributed by atoms with Crippen LogP contribution in [0.1, 0.15) is 5.56 Å². The van der Waals surface area contributed by atoms with Gasteiger partial charge in [-0.15, -0.1) is 0 Å². The fraction of sp³-hybridized carbons (Fsp3) is 0.0400. The molecule has 4 aromatic carbocycles. The van der Waals surface area contributed by atoms with Gasteiger partial charge in [0.05, 0.1) is 11.4 Å². The number of anilines is 2. The summed E-state index contributed by atoms with van der Waals surface area (Å²) in [6, 6.07) is 27.7. The van der Waals surface area contributed by atoms with Crippen LogP contribution in [0.4, 0.5) is 11.4 Å². The third-order valence-electron chi connectivity index (χ3n) is 5.54. The zero-order valence-electron chi connectivity index (χ0n) is 15.2. The van der Waals surface area contributed by atoms with Gasteiger partial charge in [0.1, 0.15) is 0 Å². The molecule has 0 heterocycles. The number of hydrogen-bond acceptors (Lipinski definition) is 2. The van der Waals surface area contributed by atoms with Crippen LogP contribution in [0.25, 0.3) is 44.5 Å². The zero-order valence-corrected chi connectivity index (χ0v) is 15.2. The summed E-state index contributed by atoms with van der Waals surface area (Å²) in [6.07, 6.45) is 0. The monoisotopic (exact) mass is 348 g/mol. The lowest BCUT2D eigenvalue weighted by atomic mass is 9.79. The maximum Gasteiger partial charge on any atom is 0.0636 e. The predicted octanol–water partition coefficient (Wildman–Crippen LogP) is 6.14. The molecule has 4 aromatic rings. The number of hydrogen-bond donors (Lipinski definition) is 2. The fourth-order valence-electron chi connectivity index (χ4n) is 4.20. The molecule has 1 aliphatic rings. The number of nitrogens with two attached hydrogens (primary N) is 2. The van der Waals surface area contributed by atoms with Crippen molar-refractivity contribution in [2.45, 2.75) is 6.92 Å². The molecule has 0 bridgehead atoms. The van der Waals surface area contributed by atoms with Crippen molar-refractivity contribution in [3.05, 3.63) is 84.4 Å². The SMILES string of the molecule is Cc1cc2c(c(N)c1N)-c1ccccc1-c1ccccc1-c1ccccc1-2. The van der Waals surface area contributed by atoms with E-state index in [0.717, 1.165) is 22.3 Å². The van der Waals surface area contributed by atoms with Crippen LogP contribution in [0.2, 0.25) is 0 Å². The molecule has 0 unspecified atom stereocenters. The Bertz CT molecular complexity index is 1200. The van der Waals surface area contributed by atoms with Crippen LogP contribution in [0.15, 0.2) is 78.9 Å². The van der Waals surface area contributed by atoms with Gasteiger partial charge in [-0.05, 0) is 57.5 Å². The third-order valence-corrected chi connectivity index (χ3v) is 5.54. The molecule has 27 heavy (non-hydrogen) atoms. The van der Waals surface area contributed by atoms with E-state index in [4.69, 9.17) is 11.5 Å². The normalized spacial score (nSPS) is 11.4. The lowest BCUT2D eigenvalue weighted by Crippen LogP contribution is -2.04. The van der Waals surface area contributed by atoms with Crippen LogP contribution in [0.3, 0.4) is 0 Å². The Labute approximate surface area is 159 Å². The second-order valence-electron chi connectivity index (χ2n) is 7.08. The second-order valence-corrected chi connectivity index (χ2v) is 7.08. The highest BCUT2D eigenvalue weighted by molar-refractivity contribution is 6.07. The lowest BCUT2D eigenvalue weighted by Gasteiger charge is -2.25. The van der Waals surface area contributed by atoms with Gasteiger partial charge in [0, 0.05) is 5.56 Å². The molecule has 5 rings (SSSR count). The Morgan fingerprint density at radius 3 is 1.33 bits per heavy atom. The van der Waals surface area contributed by atoms with Gasteiger partial charge < -0.3 is 11.5 Å². The molecule has 0 fully saturated rings. The molecule has 0 aliphatic heterocycles. The second kappa shape index (κ2) is 5.75. The summed E-state index contributed by atoms with van der Waals surface area (Å²) in [4.78, 5) is 0. The fourth-order valence-corrected chi connectivity index (χ4v) is 4.20. The maximum atomic E-state index is 6.59. The van der Waals surface area contributed by atoms with E-state index in [9.17, 15) is 0 Å². The Kier molecular flexibility index (Phi) is 3.34. The Morgan fingerprint density at radius 2 is 0.852 bits per heavy atom. The Hall–Kier alpha value is -3.52. The molecule has 0 aromatic heterocycles. The average Bonchev–Trinajstić information content (AvgIpc) is 2.71. The first-order valence-electron chi connectivity index (χ1n) is 9.14. The van der Waals surface area contributed by atoms with Crippen LogP contribution in [0, 0.1) is 6.92 Å². The topological polar surface area (TPSA) is 52.0 Å². The minimum absolute atomic E-state index is 0.659. The number of nitrogen functional groups attached to an aromatic ring is 2. The summed E-state index contributed by atoms with van der Waals surface area (Å²) >= 11 is 0. The van der Waals surface area contributed by atoms with Gasteiger partial charge in [-0.1, -0.05) is 72.8 Å². The summed E-state index contributed by atoms with van der Waals surface area (Å²) in [5.74, 6) is 0. The molecule has 4 N–H and O–H groups in total. The molecule has 0 amide bonds. The van der Waals surface area contributed by atoms with Gasteiger partial charge >= 0.3 is 0 Å². The van der Waals surface area contributed by atoms with Gasteiger partial charge in [0.2, 0.25) is 0 Å². The summed E-state index contributed by atoms with van der Waals surface area (Å²) < 4.78 is 0. The van der Waals surface area contributed by atoms with E-state index in [0.29, 0.717) is 11.4 Å². The number of benzene rings is 4. The summed E-state index contributed by atoms with van der Waals surface area (Å²) in [7, 11) is 0. The van der Waals surface area contributed by atoms with Crippen LogP contribution >= 0.6 is 0 Å². The molecule has 0 atom stereocenters. The van der Waals surface area contributed by atoms with E-state index in [1.165, 1.54) is 27.8 Å². The van der Waals surface area contributed by atoms with Crippen LogP contribution in [-0.2, 0) is 0 Å². The molecule has 0 saturated carbocycles. The van der Waals surface area contributed by atoms with Crippen LogP contribution < -0.4 is 11.5 Å². The number of fused-ring (bicyclic) bond motifs is 8. The minimum Gasteiger partial charge on any atom is -0.397 e. The van der Waals surface area contributed by atoms with E-state index in [1.807, 2.05) is 6.92 Å². The Balaban J connectivity index is 2.04. The van der Waals surface area contributed by atoms with Crippen molar-refractivity contribution in [2.75, 3.05) is 11.5 Å². The first-order chi connectivity index (χ1) is 13.2. The summed E-state index contributed by atoms with van der Waals surface area (Å²) in [5.41, 5.74) is 24.6. The number of aryl methyl sites for hydroxylation is 1. The third kappa shape index (κ3) is 2.20. The lowest BCUT2D eigenvalue weighted by molar-refractivity contribution is 1.45. The van der Waals surface area contributed by atoms with Crippen LogP contribution in [0.5, 0.6) is 0 Å². The van der Waals surface area contributed by atoms with E-state index in [2.05, 4.69) is 78.9 Å². The molecule has 2 heteroatoms. The molecule has 130 valence electrons. The van der Waals surface area contributed by atoms with Crippen molar-refractivity contribution >= 4 is 11.4 Å². The van der Waals surface area contributed by atoms with E-state index in [-0.39, 0.29) is 0 Å². The first kappa shape index (κ1) is 15.7. The first-order valence-corrected chi connectivity index (χ1v) is 9.14. The van der Waals surface area contributed by atoms with Crippen molar-refractivity contribution in [1.82, 2.24) is 0 Å². The molecular formula is C25H20N2. The highest BCUT2D eigenvalue weighted by Crippen LogP contribution is 2.50. The minimum atomic E-state index is 0.659. The van der Waals surface area contributed by atoms with Crippen molar-refractivity contribution < 1.29 is 0 Å². The predicted molar refractivity (Wildman–Crippen MR) is 115 cm³/mol. The molecule has 2 nitrogen and oxygen atoms in total. The standard InChI is InChI=1S/C25H20N2/c1-15-14-22-20-12-5-4-10-18(20)16-8-2-3-9-17(16)19-11-6-7-13-21(19)23(22)25(27)24(15)26/h2-14H,26-27H2,1H3. The van der Waals surface area contributed by atoms with Crippen molar-refractivity contribution in [1.29, 1.82) is 0 Å².